The molecule has 0 fully saturated rings. The predicted octanol–water partition coefficient (Wildman–Crippen LogP) is 0.491. The Kier molecular flexibility index (Phi) is 2.89. The molecule has 0 heterocycles. The molecule has 0 bridgehead atoms. The van der Waals surface area contributed by atoms with Gasteiger partial charge in [-0.1, -0.05) is 0 Å². The number of rotatable bonds is 1. The molecule has 2 aromatic carbocycles. The summed E-state index contributed by atoms with van der Waals surface area (Å²) in [6.45, 7) is 0. The Morgan fingerprint density at radius 2 is 1.69 bits per heavy atom. The number of alkyl halides is 1. The molecule has 2 aromatic rings. The van der Waals surface area contributed by atoms with Crippen LogP contribution >= 0.6 is 15.9 Å². The van der Waals surface area contributed by atoms with Crippen molar-refractivity contribution in [2.45, 2.75) is 0 Å². The quantitative estimate of drug-likeness (QED) is 0.520. The van der Waals surface area contributed by atoms with Gasteiger partial charge in [-0.2, -0.15) is 0 Å². The van der Waals surface area contributed by atoms with Gasteiger partial charge in [0.15, 0.2) is 0 Å². The molecule has 0 radical (unpaired) electrons. The summed E-state index contributed by atoms with van der Waals surface area (Å²) >= 11 is 3.69. The van der Waals surface area contributed by atoms with E-state index in [1.54, 1.807) is 0 Å². The van der Waals surface area contributed by atoms with Crippen LogP contribution < -0.4 is 21.2 Å². The molecule has 2 rings (SSSR count). The Hall–Kier alpha value is -0.0900. The van der Waals surface area contributed by atoms with E-state index >= 15 is 0 Å². The zero-order chi connectivity index (χ0) is 9.26. The molecule has 0 saturated carbocycles. The summed E-state index contributed by atoms with van der Waals surface area (Å²) in [5.74, 6) is 0. The first kappa shape index (κ1) is 9.46. The molecule has 0 N–H and O–H groups in total. The molecular weight excluding hydrogens is 339 g/mol. The van der Waals surface area contributed by atoms with Crippen LogP contribution in [0.5, 0.6) is 0 Å². The van der Waals surface area contributed by atoms with E-state index in [2.05, 4.69) is 57.3 Å². The Bertz CT molecular complexity index is 437. The monoisotopic (exact) mass is 347 g/mol. The minimum atomic E-state index is 0.215. The van der Waals surface area contributed by atoms with Crippen LogP contribution in [0.1, 0.15) is 0 Å². The zero-order valence-corrected chi connectivity index (χ0v) is 11.0. The van der Waals surface area contributed by atoms with Crippen molar-refractivity contribution in [1.29, 1.82) is 0 Å². The van der Waals surface area contributed by atoms with Crippen LogP contribution in [0.25, 0.3) is 10.8 Å². The van der Waals surface area contributed by atoms with E-state index in [1.807, 2.05) is 0 Å². The van der Waals surface area contributed by atoms with Gasteiger partial charge in [-0.3, -0.25) is 0 Å². The van der Waals surface area contributed by atoms with Crippen molar-refractivity contribution >= 4 is 26.7 Å². The molecule has 2 heteroatoms. The van der Waals surface area contributed by atoms with Crippen molar-refractivity contribution in [3.05, 3.63) is 44.4 Å². The van der Waals surface area contributed by atoms with E-state index in [-0.39, 0.29) is 21.2 Å². The van der Waals surface area contributed by atoms with E-state index in [9.17, 15) is 0 Å². The molecule has 0 aliphatic rings. The van der Waals surface area contributed by atoms with Gasteiger partial charge >= 0.3 is 97.3 Å². The fraction of sp³-hybridized carbons (Fsp3) is 0.0909. The summed E-state index contributed by atoms with van der Waals surface area (Å²) in [4.78, 5) is 2.29. The fourth-order valence-electron chi connectivity index (χ4n) is 1.30. The van der Waals surface area contributed by atoms with Crippen molar-refractivity contribution in [3.63, 3.8) is 0 Å². The summed E-state index contributed by atoms with van der Waals surface area (Å²) < 4.78 is 2.66. The number of benzene rings is 2. The normalized spacial score (nSPS) is 10.9. The van der Waals surface area contributed by atoms with Crippen LogP contribution in [0.3, 0.4) is 0 Å². The second kappa shape index (κ2) is 3.96. The maximum atomic E-state index is 3.47. The molecule has 0 unspecified atom stereocenters. The summed E-state index contributed by atoms with van der Waals surface area (Å²) in [5, 5.41) is 2.66. The molecule has 0 aliphatic heterocycles. The Morgan fingerprint density at radius 3 is 2.46 bits per heavy atom. The molecule has 0 atom stereocenters. The average molecular weight is 348 g/mol. The van der Waals surface area contributed by atoms with Crippen LogP contribution in [-0.4, -0.2) is 4.93 Å². The molecule has 68 valence electrons. The third-order valence-electron chi connectivity index (χ3n) is 1.98. The van der Waals surface area contributed by atoms with Crippen LogP contribution in [0.4, 0.5) is 0 Å². The number of halogens is 2. The molecule has 0 saturated heterocycles. The van der Waals surface area contributed by atoms with Gasteiger partial charge in [0.1, 0.15) is 0 Å². The SMILES string of the molecule is C[I-]c1ccc2cc(Br)ccc2c1. The van der Waals surface area contributed by atoms with Gasteiger partial charge in [0, 0.05) is 0 Å². The summed E-state index contributed by atoms with van der Waals surface area (Å²) in [5.41, 5.74) is 0. The van der Waals surface area contributed by atoms with Gasteiger partial charge in [-0.05, 0) is 0 Å². The summed E-state index contributed by atoms with van der Waals surface area (Å²) in [7, 11) is 0. The Morgan fingerprint density at radius 1 is 1.00 bits per heavy atom. The fourth-order valence-corrected chi connectivity index (χ4v) is 2.87. The van der Waals surface area contributed by atoms with Gasteiger partial charge in [0.25, 0.3) is 0 Å². The predicted molar refractivity (Wildman–Crippen MR) is 56.3 cm³/mol. The minimum absolute atomic E-state index is 0.215. The van der Waals surface area contributed by atoms with Crippen LogP contribution in [0.2, 0.25) is 0 Å². The molecule has 0 spiro atoms. The molecule has 0 aliphatic carbocycles. The van der Waals surface area contributed by atoms with E-state index in [1.165, 1.54) is 14.3 Å². The molecule has 0 aromatic heterocycles. The van der Waals surface area contributed by atoms with Crippen LogP contribution in [0, 0.1) is 3.57 Å². The maximum absolute atomic E-state index is 3.47. The van der Waals surface area contributed by atoms with Crippen LogP contribution in [0.15, 0.2) is 40.9 Å². The van der Waals surface area contributed by atoms with E-state index < -0.39 is 0 Å². The van der Waals surface area contributed by atoms with E-state index in [4.69, 9.17) is 0 Å². The van der Waals surface area contributed by atoms with Crippen molar-refractivity contribution in [2.24, 2.45) is 0 Å². The summed E-state index contributed by atoms with van der Waals surface area (Å²) in [6.07, 6.45) is 0. The van der Waals surface area contributed by atoms with Gasteiger partial charge in [-0.25, -0.2) is 0 Å². The number of hydrogen-bond donors (Lipinski definition) is 0. The van der Waals surface area contributed by atoms with E-state index in [0.717, 1.165) is 4.47 Å². The average Bonchev–Trinajstić information content (AvgIpc) is 2.17. The van der Waals surface area contributed by atoms with Crippen LogP contribution in [-0.2, 0) is 0 Å². The van der Waals surface area contributed by atoms with Gasteiger partial charge < -0.3 is 0 Å². The molecular formula is C11H9BrI-. The third-order valence-corrected chi connectivity index (χ3v) is 4.39. The van der Waals surface area contributed by atoms with E-state index in [0.29, 0.717) is 0 Å². The van der Waals surface area contributed by atoms with Gasteiger partial charge in [0.05, 0.1) is 0 Å². The number of hydrogen-bond acceptors (Lipinski definition) is 0. The van der Waals surface area contributed by atoms with Crippen molar-refractivity contribution in [2.75, 3.05) is 4.93 Å². The second-order valence-corrected chi connectivity index (χ2v) is 6.06. The second-order valence-electron chi connectivity index (χ2n) is 2.82. The Labute approximate surface area is 96.7 Å². The third kappa shape index (κ3) is 2.05. The summed E-state index contributed by atoms with van der Waals surface area (Å²) in [6, 6.07) is 13.2. The van der Waals surface area contributed by atoms with Gasteiger partial charge in [-0.15, -0.1) is 0 Å². The molecule has 13 heavy (non-hydrogen) atoms. The van der Waals surface area contributed by atoms with Crippen molar-refractivity contribution < 1.29 is 21.2 Å². The molecule has 0 amide bonds. The number of fused-ring (bicyclic) bond motifs is 1. The van der Waals surface area contributed by atoms with Crippen molar-refractivity contribution in [1.82, 2.24) is 0 Å². The first-order valence-electron chi connectivity index (χ1n) is 3.98. The van der Waals surface area contributed by atoms with Crippen molar-refractivity contribution in [3.8, 4) is 0 Å². The topological polar surface area (TPSA) is 0 Å². The van der Waals surface area contributed by atoms with Gasteiger partial charge in [0.2, 0.25) is 0 Å². The zero-order valence-electron chi connectivity index (χ0n) is 7.22. The first-order valence-corrected chi connectivity index (χ1v) is 8.01. The molecule has 0 nitrogen and oxygen atoms in total. The standard InChI is InChI=1S/C11H9BrI/c1-13-11-5-3-8-6-10(12)4-2-9(8)7-11/h2-7H,1H3/q-1. The Balaban J connectivity index is 2.66. The first-order chi connectivity index (χ1) is 6.29.